The Labute approximate surface area is 197 Å². The fourth-order valence-corrected chi connectivity index (χ4v) is 4.25. The summed E-state index contributed by atoms with van der Waals surface area (Å²) in [5, 5.41) is 4.12. The Morgan fingerprint density at radius 2 is 1.82 bits per heavy atom. The minimum atomic E-state index is -1.28. The van der Waals surface area contributed by atoms with Crippen LogP contribution in [-0.4, -0.2) is 67.6 Å². The van der Waals surface area contributed by atoms with Crippen molar-refractivity contribution < 1.29 is 19.1 Å². The highest BCUT2D eigenvalue weighted by molar-refractivity contribution is 6.30. The van der Waals surface area contributed by atoms with Crippen molar-refractivity contribution in [2.75, 3.05) is 44.7 Å². The number of carbonyl (C=O) groups is 3. The lowest BCUT2D eigenvalue weighted by atomic mass is 9.92. The van der Waals surface area contributed by atoms with Gasteiger partial charge in [-0.05, 0) is 42.8 Å². The summed E-state index contributed by atoms with van der Waals surface area (Å²) in [7, 11) is 1.55. The van der Waals surface area contributed by atoms with E-state index in [1.54, 1.807) is 38.3 Å². The molecule has 4 amide bonds. The standard InChI is InChI=1S/C23H26ClN5O4/c1-23(16-6-8-19(33-2)9-7-16)21(31)29(22(32)25-23)26-20(30)15-27-10-12-28(13-11-27)18-5-3-4-17(24)14-18/h3-9,14H,10-13,15H2,1-2H3,(H,25,32)(H,26,30). The van der Waals surface area contributed by atoms with Crippen LogP contribution in [0.5, 0.6) is 5.75 Å². The number of nitrogens with zero attached hydrogens (tertiary/aromatic N) is 3. The van der Waals surface area contributed by atoms with E-state index in [1.165, 1.54) is 0 Å². The van der Waals surface area contributed by atoms with Crippen molar-refractivity contribution in [3.05, 3.63) is 59.1 Å². The third kappa shape index (κ3) is 4.74. The van der Waals surface area contributed by atoms with Gasteiger partial charge in [-0.2, -0.15) is 5.01 Å². The van der Waals surface area contributed by atoms with E-state index in [2.05, 4.69) is 15.6 Å². The number of urea groups is 1. The van der Waals surface area contributed by atoms with Gasteiger partial charge in [0, 0.05) is 36.9 Å². The molecule has 0 aromatic heterocycles. The maximum absolute atomic E-state index is 13.0. The molecule has 0 radical (unpaired) electrons. The Kier molecular flexibility index (Phi) is 6.44. The Hall–Kier alpha value is -3.30. The molecule has 0 saturated carbocycles. The number of ether oxygens (including phenoxy) is 1. The van der Waals surface area contributed by atoms with Crippen LogP contribution in [0.25, 0.3) is 0 Å². The van der Waals surface area contributed by atoms with Gasteiger partial charge in [0.1, 0.15) is 11.3 Å². The molecular weight excluding hydrogens is 446 g/mol. The largest absolute Gasteiger partial charge is 0.497 e. The average molecular weight is 472 g/mol. The van der Waals surface area contributed by atoms with Gasteiger partial charge in [-0.1, -0.05) is 29.8 Å². The SMILES string of the molecule is COc1ccc(C2(C)NC(=O)N(NC(=O)CN3CCN(c4cccc(Cl)c4)CC3)C2=O)cc1. The molecular formula is C23H26ClN5O4. The first-order chi connectivity index (χ1) is 15.8. The van der Waals surface area contributed by atoms with Crippen molar-refractivity contribution in [3.63, 3.8) is 0 Å². The van der Waals surface area contributed by atoms with Gasteiger partial charge >= 0.3 is 6.03 Å². The van der Waals surface area contributed by atoms with Gasteiger partial charge in [0.15, 0.2) is 0 Å². The lowest BCUT2D eigenvalue weighted by Crippen LogP contribution is -2.53. The monoisotopic (exact) mass is 471 g/mol. The Morgan fingerprint density at radius 1 is 1.12 bits per heavy atom. The zero-order valence-corrected chi connectivity index (χ0v) is 19.3. The van der Waals surface area contributed by atoms with E-state index in [1.807, 2.05) is 29.2 Å². The van der Waals surface area contributed by atoms with Crippen LogP contribution in [0.3, 0.4) is 0 Å². The van der Waals surface area contributed by atoms with E-state index in [0.29, 0.717) is 29.4 Å². The molecule has 2 heterocycles. The summed E-state index contributed by atoms with van der Waals surface area (Å²) in [6.45, 7) is 4.52. The van der Waals surface area contributed by atoms with Crippen molar-refractivity contribution in [2.24, 2.45) is 0 Å². The molecule has 1 atom stereocenters. The number of piperazine rings is 1. The lowest BCUT2D eigenvalue weighted by Gasteiger charge is -2.35. The van der Waals surface area contributed by atoms with Crippen LogP contribution >= 0.6 is 11.6 Å². The van der Waals surface area contributed by atoms with E-state index in [4.69, 9.17) is 16.3 Å². The van der Waals surface area contributed by atoms with Crippen LogP contribution in [0.1, 0.15) is 12.5 Å². The Bertz CT molecular complexity index is 1060. The van der Waals surface area contributed by atoms with E-state index >= 15 is 0 Å². The second-order valence-electron chi connectivity index (χ2n) is 8.20. The highest BCUT2D eigenvalue weighted by atomic mass is 35.5. The number of nitrogens with one attached hydrogen (secondary N) is 2. The molecule has 10 heteroatoms. The van der Waals surface area contributed by atoms with Crippen LogP contribution in [0.2, 0.25) is 5.02 Å². The maximum atomic E-state index is 13.0. The van der Waals surface area contributed by atoms with Gasteiger partial charge in [0.2, 0.25) is 0 Å². The molecule has 0 aliphatic carbocycles. The predicted molar refractivity (Wildman–Crippen MR) is 124 cm³/mol. The summed E-state index contributed by atoms with van der Waals surface area (Å²) in [4.78, 5) is 42.3. The fraction of sp³-hybridized carbons (Fsp3) is 0.348. The number of carbonyl (C=O) groups excluding carboxylic acids is 3. The highest BCUT2D eigenvalue weighted by Gasteiger charge is 2.50. The number of hydrazine groups is 1. The number of anilines is 1. The first kappa shape index (κ1) is 22.9. The first-order valence-electron chi connectivity index (χ1n) is 10.6. The molecule has 0 bridgehead atoms. The third-order valence-corrected chi connectivity index (χ3v) is 6.24. The van der Waals surface area contributed by atoms with Gasteiger partial charge < -0.3 is 15.0 Å². The summed E-state index contributed by atoms with van der Waals surface area (Å²) in [5.74, 6) is -0.329. The smallest absolute Gasteiger partial charge is 0.344 e. The number of rotatable bonds is 6. The summed E-state index contributed by atoms with van der Waals surface area (Å²) >= 11 is 6.08. The molecule has 4 rings (SSSR count). The molecule has 174 valence electrons. The van der Waals surface area contributed by atoms with Gasteiger partial charge in [-0.15, -0.1) is 0 Å². The zero-order valence-electron chi connectivity index (χ0n) is 18.5. The van der Waals surface area contributed by atoms with Gasteiger partial charge in [0.25, 0.3) is 11.8 Å². The van der Waals surface area contributed by atoms with Crippen molar-refractivity contribution >= 4 is 35.1 Å². The molecule has 2 saturated heterocycles. The van der Waals surface area contributed by atoms with E-state index in [-0.39, 0.29) is 6.54 Å². The number of imide groups is 1. The van der Waals surface area contributed by atoms with Gasteiger partial charge in [0.05, 0.1) is 13.7 Å². The van der Waals surface area contributed by atoms with Crippen LogP contribution in [0.4, 0.5) is 10.5 Å². The summed E-state index contributed by atoms with van der Waals surface area (Å²) in [6, 6.07) is 13.8. The lowest BCUT2D eigenvalue weighted by molar-refractivity contribution is -0.139. The number of halogens is 1. The third-order valence-electron chi connectivity index (χ3n) is 6.01. The Balaban J connectivity index is 1.33. The van der Waals surface area contributed by atoms with E-state index < -0.39 is 23.4 Å². The molecule has 2 N–H and O–H groups in total. The summed E-state index contributed by atoms with van der Waals surface area (Å²) in [6.07, 6.45) is 0. The predicted octanol–water partition coefficient (Wildman–Crippen LogP) is 1.97. The molecule has 2 aliphatic rings. The maximum Gasteiger partial charge on any atom is 0.344 e. The van der Waals surface area contributed by atoms with E-state index in [0.717, 1.165) is 23.8 Å². The molecule has 2 aromatic rings. The van der Waals surface area contributed by atoms with E-state index in [9.17, 15) is 14.4 Å². The molecule has 1 unspecified atom stereocenters. The quantitative estimate of drug-likeness (QED) is 0.626. The van der Waals surface area contributed by atoms with Crippen LogP contribution in [-0.2, 0) is 15.1 Å². The second-order valence-corrected chi connectivity index (χ2v) is 8.64. The number of amides is 4. The van der Waals surface area contributed by atoms with Crippen LogP contribution < -0.4 is 20.4 Å². The summed E-state index contributed by atoms with van der Waals surface area (Å²) in [5.41, 5.74) is 2.82. The molecule has 2 aliphatic heterocycles. The van der Waals surface area contributed by atoms with Crippen molar-refractivity contribution in [1.29, 1.82) is 0 Å². The number of hydrogen-bond donors (Lipinski definition) is 2. The Morgan fingerprint density at radius 3 is 2.45 bits per heavy atom. The molecule has 2 fully saturated rings. The van der Waals surface area contributed by atoms with Crippen LogP contribution in [0.15, 0.2) is 48.5 Å². The van der Waals surface area contributed by atoms with Gasteiger partial charge in [-0.3, -0.25) is 19.9 Å². The highest BCUT2D eigenvalue weighted by Crippen LogP contribution is 2.29. The van der Waals surface area contributed by atoms with Crippen molar-refractivity contribution in [3.8, 4) is 5.75 Å². The molecule has 9 nitrogen and oxygen atoms in total. The average Bonchev–Trinajstić information content (AvgIpc) is 3.03. The van der Waals surface area contributed by atoms with Crippen molar-refractivity contribution in [1.82, 2.24) is 20.7 Å². The first-order valence-corrected chi connectivity index (χ1v) is 11.0. The zero-order chi connectivity index (χ0) is 23.6. The topological polar surface area (TPSA) is 94.2 Å². The molecule has 0 spiro atoms. The van der Waals surface area contributed by atoms with Gasteiger partial charge in [-0.25, -0.2) is 4.79 Å². The molecule has 2 aromatic carbocycles. The minimum Gasteiger partial charge on any atom is -0.497 e. The second kappa shape index (κ2) is 9.29. The normalized spacial score (nSPS) is 21.2. The molecule has 33 heavy (non-hydrogen) atoms. The summed E-state index contributed by atoms with van der Waals surface area (Å²) < 4.78 is 5.14. The van der Waals surface area contributed by atoms with Crippen LogP contribution in [0, 0.1) is 0 Å². The number of hydrogen-bond acceptors (Lipinski definition) is 6. The number of benzene rings is 2. The fourth-order valence-electron chi connectivity index (χ4n) is 4.06. The van der Waals surface area contributed by atoms with Crippen molar-refractivity contribution in [2.45, 2.75) is 12.5 Å². The minimum absolute atomic E-state index is 0.0830. The number of methoxy groups -OCH3 is 1.